The highest BCUT2D eigenvalue weighted by molar-refractivity contribution is 6.33. The van der Waals surface area contributed by atoms with Gasteiger partial charge in [0.2, 0.25) is 0 Å². The van der Waals surface area contributed by atoms with Gasteiger partial charge >= 0.3 is 0 Å². The summed E-state index contributed by atoms with van der Waals surface area (Å²) in [5.74, 6) is 0.737. The van der Waals surface area contributed by atoms with Crippen molar-refractivity contribution < 1.29 is 15.0 Å². The van der Waals surface area contributed by atoms with Crippen LogP contribution in [0.3, 0.4) is 0 Å². The molecule has 4 nitrogen and oxygen atoms in total. The van der Waals surface area contributed by atoms with Gasteiger partial charge in [-0.25, -0.2) is 0 Å². The fourth-order valence-electron chi connectivity index (χ4n) is 4.76. The number of aliphatic hydroxyl groups is 2. The highest BCUT2D eigenvalue weighted by Gasteiger charge is 2.39. The molecule has 2 aliphatic carbocycles. The van der Waals surface area contributed by atoms with Crippen LogP contribution in [0.5, 0.6) is 0 Å². The first-order chi connectivity index (χ1) is 12.5. The van der Waals surface area contributed by atoms with Crippen molar-refractivity contribution in [3.63, 3.8) is 0 Å². The zero-order chi connectivity index (χ0) is 18.6. The van der Waals surface area contributed by atoms with E-state index in [0.717, 1.165) is 18.0 Å². The number of carbonyl (C=O) groups is 1. The third-order valence-corrected chi connectivity index (χ3v) is 6.57. The minimum Gasteiger partial charge on any atom is -0.394 e. The molecular formula is C22H32ClNO3. The average Bonchev–Trinajstić information content (AvgIpc) is 2.65. The zero-order valence-corrected chi connectivity index (χ0v) is 16.8. The summed E-state index contributed by atoms with van der Waals surface area (Å²) in [6, 6.07) is 5.42. The second kappa shape index (κ2) is 9.90. The van der Waals surface area contributed by atoms with Gasteiger partial charge in [-0.3, -0.25) is 4.79 Å². The minimum atomic E-state index is -0.729. The third-order valence-electron chi connectivity index (χ3n) is 6.24. The number of halogens is 1. The van der Waals surface area contributed by atoms with E-state index in [4.69, 9.17) is 16.7 Å². The molecule has 27 heavy (non-hydrogen) atoms. The molecule has 1 aromatic carbocycles. The third kappa shape index (κ3) is 5.69. The van der Waals surface area contributed by atoms with Gasteiger partial charge in [0.05, 0.1) is 23.3 Å². The summed E-state index contributed by atoms with van der Waals surface area (Å²) in [5.41, 5.74) is 1.73. The van der Waals surface area contributed by atoms with Crippen molar-refractivity contribution in [2.24, 2.45) is 11.3 Å². The second-order valence-electron chi connectivity index (χ2n) is 8.23. The van der Waals surface area contributed by atoms with Crippen LogP contribution >= 0.6 is 11.6 Å². The van der Waals surface area contributed by atoms with Crippen molar-refractivity contribution in [2.75, 3.05) is 13.2 Å². The summed E-state index contributed by atoms with van der Waals surface area (Å²) in [5, 5.41) is 22.0. The number of rotatable bonds is 7. The molecule has 1 atom stereocenters. The molecule has 1 amide bonds. The van der Waals surface area contributed by atoms with E-state index >= 15 is 0 Å². The first-order valence-corrected chi connectivity index (χ1v) is 10.2. The van der Waals surface area contributed by atoms with Crippen molar-refractivity contribution >= 4 is 17.5 Å². The van der Waals surface area contributed by atoms with Crippen LogP contribution in [-0.4, -0.2) is 35.4 Å². The summed E-state index contributed by atoms with van der Waals surface area (Å²) in [6.45, 7) is 0.496. The lowest BCUT2D eigenvalue weighted by Crippen LogP contribution is -2.43. The van der Waals surface area contributed by atoms with Gasteiger partial charge in [-0.1, -0.05) is 50.8 Å². The van der Waals surface area contributed by atoms with E-state index in [9.17, 15) is 9.90 Å². The number of amides is 1. The maximum Gasteiger partial charge on any atom is 0.252 e. The predicted molar refractivity (Wildman–Crippen MR) is 109 cm³/mol. The topological polar surface area (TPSA) is 69.6 Å². The van der Waals surface area contributed by atoms with Crippen molar-refractivity contribution in [2.45, 2.75) is 63.9 Å². The van der Waals surface area contributed by atoms with Crippen molar-refractivity contribution in [3.8, 4) is 0 Å². The van der Waals surface area contributed by atoms with Gasteiger partial charge in [0.25, 0.3) is 5.91 Å². The van der Waals surface area contributed by atoms with Gasteiger partial charge in [-0.05, 0) is 61.1 Å². The van der Waals surface area contributed by atoms with Gasteiger partial charge < -0.3 is 15.5 Å². The number of hydrogen-bond acceptors (Lipinski definition) is 3. The van der Waals surface area contributed by atoms with Crippen LogP contribution < -0.4 is 5.32 Å². The van der Waals surface area contributed by atoms with Crippen LogP contribution in [0.4, 0.5) is 0 Å². The normalized spacial score (nSPS) is 25.4. The Morgan fingerprint density at radius 1 is 1.30 bits per heavy atom. The van der Waals surface area contributed by atoms with Gasteiger partial charge in [-0.2, -0.15) is 0 Å². The SMILES string of the molecule is O=C(NCC12CCCC(CCC1)C2)c1cc(CCC(O)CO)ccc1Cl.[CH2]. The molecule has 3 rings (SSSR count). The van der Waals surface area contributed by atoms with Crippen LogP contribution in [0.1, 0.15) is 67.3 Å². The Labute approximate surface area is 168 Å². The number of fused-ring (bicyclic) bond motifs is 2. The molecule has 2 bridgehead atoms. The van der Waals surface area contributed by atoms with E-state index in [1.807, 2.05) is 12.1 Å². The number of benzene rings is 1. The molecule has 1 aromatic rings. The largest absolute Gasteiger partial charge is 0.394 e. The summed E-state index contributed by atoms with van der Waals surface area (Å²) in [4.78, 5) is 12.7. The molecule has 3 N–H and O–H groups in total. The Morgan fingerprint density at radius 2 is 2.00 bits per heavy atom. The fourth-order valence-corrected chi connectivity index (χ4v) is 4.96. The lowest BCUT2D eigenvalue weighted by atomic mass is 9.62. The first-order valence-electron chi connectivity index (χ1n) is 9.87. The Balaban J connectivity index is 0.00000261. The molecule has 0 aliphatic heterocycles. The van der Waals surface area contributed by atoms with Crippen molar-refractivity contribution in [1.29, 1.82) is 0 Å². The molecule has 2 aliphatic rings. The maximum atomic E-state index is 12.7. The standard InChI is InChI=1S/C21H30ClNO3.CH2/c22-19-8-6-15(5-7-17(25)13-24)11-18(19)20(26)23-14-21-9-1-3-16(12-21)4-2-10-21;/h6,8,11,16-17,24-25H,1-5,7,9-10,12-14H2,(H,23,26);1H2. The Kier molecular flexibility index (Phi) is 8.14. The predicted octanol–water partition coefficient (Wildman–Crippen LogP) is 4.04. The molecule has 0 aromatic heterocycles. The van der Waals surface area contributed by atoms with E-state index < -0.39 is 6.10 Å². The molecule has 0 saturated heterocycles. The number of carbonyl (C=O) groups excluding carboxylic acids is 1. The Bertz CT molecular complexity index is 624. The van der Waals surface area contributed by atoms with Gasteiger partial charge in [-0.15, -0.1) is 0 Å². The summed E-state index contributed by atoms with van der Waals surface area (Å²) < 4.78 is 0. The van der Waals surface area contributed by atoms with Gasteiger partial charge in [0.1, 0.15) is 0 Å². The Hall–Kier alpha value is -1.10. The summed E-state index contributed by atoms with van der Waals surface area (Å²) in [7, 11) is 0. The Morgan fingerprint density at radius 3 is 2.67 bits per heavy atom. The zero-order valence-electron chi connectivity index (χ0n) is 16.1. The lowest BCUT2D eigenvalue weighted by Gasteiger charge is -2.45. The van der Waals surface area contributed by atoms with Gasteiger partial charge in [0, 0.05) is 6.54 Å². The van der Waals surface area contributed by atoms with Crippen LogP contribution in [0, 0.1) is 18.8 Å². The molecule has 1 unspecified atom stereocenters. The van der Waals surface area contributed by atoms with E-state index in [1.54, 1.807) is 6.07 Å². The number of aliphatic hydroxyl groups excluding tert-OH is 2. The van der Waals surface area contributed by atoms with Crippen molar-refractivity contribution in [3.05, 3.63) is 41.8 Å². The maximum absolute atomic E-state index is 12.7. The summed E-state index contributed by atoms with van der Waals surface area (Å²) in [6.07, 6.45) is 9.29. The smallest absolute Gasteiger partial charge is 0.252 e. The summed E-state index contributed by atoms with van der Waals surface area (Å²) >= 11 is 6.26. The average molecular weight is 394 g/mol. The lowest BCUT2D eigenvalue weighted by molar-refractivity contribution is 0.0681. The fraction of sp³-hybridized carbons (Fsp3) is 0.636. The molecule has 2 radical (unpaired) electrons. The van der Waals surface area contributed by atoms with E-state index in [2.05, 4.69) is 5.32 Å². The number of hydrogen-bond donors (Lipinski definition) is 3. The molecule has 2 saturated carbocycles. The molecule has 0 heterocycles. The van der Waals surface area contributed by atoms with E-state index in [0.29, 0.717) is 23.4 Å². The number of aryl methyl sites for hydroxylation is 1. The molecular weight excluding hydrogens is 362 g/mol. The van der Waals surface area contributed by atoms with Crippen LogP contribution in [0.25, 0.3) is 0 Å². The highest BCUT2D eigenvalue weighted by Crippen LogP contribution is 2.48. The van der Waals surface area contributed by atoms with Crippen LogP contribution in [0.2, 0.25) is 5.02 Å². The quantitative estimate of drug-likeness (QED) is 0.654. The molecule has 150 valence electrons. The highest BCUT2D eigenvalue weighted by atomic mass is 35.5. The molecule has 2 fully saturated rings. The monoisotopic (exact) mass is 393 g/mol. The van der Waals surface area contributed by atoms with Gasteiger partial charge in [0.15, 0.2) is 0 Å². The van der Waals surface area contributed by atoms with Crippen molar-refractivity contribution in [1.82, 2.24) is 5.32 Å². The van der Waals surface area contributed by atoms with E-state index in [-0.39, 0.29) is 25.4 Å². The second-order valence-corrected chi connectivity index (χ2v) is 8.63. The van der Waals surface area contributed by atoms with Crippen LogP contribution in [-0.2, 0) is 6.42 Å². The molecule has 5 heteroatoms. The molecule has 0 spiro atoms. The minimum absolute atomic E-state index is 0. The van der Waals surface area contributed by atoms with E-state index in [1.165, 1.54) is 44.9 Å². The van der Waals surface area contributed by atoms with Crippen LogP contribution in [0.15, 0.2) is 18.2 Å². The first kappa shape index (κ1) is 22.2. The number of nitrogens with one attached hydrogen (secondary N) is 1.